The zero-order valence-corrected chi connectivity index (χ0v) is 18.4. The summed E-state index contributed by atoms with van der Waals surface area (Å²) in [7, 11) is 1.87. The average Bonchev–Trinajstić information content (AvgIpc) is 3.06. The van der Waals surface area contributed by atoms with Crippen molar-refractivity contribution < 1.29 is 4.74 Å². The fraction of sp³-hybridized carbons (Fsp3) is 0.682. The Morgan fingerprint density at radius 1 is 1.29 bits per heavy atom. The minimum atomic E-state index is 0.271. The molecule has 0 saturated carbocycles. The Kier molecular flexibility index (Phi) is 8.06. The molecule has 2 aliphatic rings. The molecule has 1 aromatic carbocycles. The van der Waals surface area contributed by atoms with Crippen LogP contribution in [0.15, 0.2) is 35.3 Å². The van der Waals surface area contributed by atoms with Crippen LogP contribution in [0.1, 0.15) is 38.7 Å². The zero-order chi connectivity index (χ0) is 19.8. The lowest BCUT2D eigenvalue weighted by molar-refractivity contribution is 0.0782. The van der Waals surface area contributed by atoms with Crippen molar-refractivity contribution in [1.82, 2.24) is 15.5 Å². The number of guanidine groups is 1. The molecule has 0 amide bonds. The molecular formula is C22H36N4OS. The first-order valence-electron chi connectivity index (χ1n) is 10.6. The van der Waals surface area contributed by atoms with Crippen LogP contribution in [0.25, 0.3) is 0 Å². The van der Waals surface area contributed by atoms with E-state index in [9.17, 15) is 0 Å². The quantitative estimate of drug-likeness (QED) is 0.540. The normalized spacial score (nSPS) is 25.6. The molecule has 0 aromatic heterocycles. The van der Waals surface area contributed by atoms with Crippen LogP contribution in [0, 0.1) is 0 Å². The number of nitrogens with zero attached hydrogens (tertiary/aromatic N) is 2. The molecule has 2 heterocycles. The second-order valence-electron chi connectivity index (χ2n) is 8.00. The van der Waals surface area contributed by atoms with E-state index in [1.807, 2.05) is 7.05 Å². The maximum atomic E-state index is 5.59. The first kappa shape index (κ1) is 21.5. The van der Waals surface area contributed by atoms with Gasteiger partial charge in [0.05, 0.1) is 0 Å². The minimum absolute atomic E-state index is 0.271. The maximum absolute atomic E-state index is 5.59. The van der Waals surface area contributed by atoms with Gasteiger partial charge in [0, 0.05) is 56.7 Å². The summed E-state index contributed by atoms with van der Waals surface area (Å²) in [5, 5.41) is 7.28. The molecule has 0 spiro atoms. The molecule has 2 saturated heterocycles. The van der Waals surface area contributed by atoms with Crippen LogP contribution in [0.5, 0.6) is 0 Å². The molecule has 2 fully saturated rings. The third-order valence-corrected chi connectivity index (χ3v) is 7.38. The summed E-state index contributed by atoms with van der Waals surface area (Å²) < 4.78 is 5.86. The largest absolute Gasteiger partial charge is 0.381 e. The van der Waals surface area contributed by atoms with Crippen molar-refractivity contribution in [3.05, 3.63) is 35.9 Å². The van der Waals surface area contributed by atoms with E-state index in [0.717, 1.165) is 63.8 Å². The minimum Gasteiger partial charge on any atom is -0.381 e. The van der Waals surface area contributed by atoms with E-state index in [1.54, 1.807) is 0 Å². The first-order chi connectivity index (χ1) is 13.6. The molecule has 5 nitrogen and oxygen atoms in total. The highest BCUT2D eigenvalue weighted by Crippen LogP contribution is 2.34. The Bertz CT molecular complexity index is 613. The first-order valence-corrected chi connectivity index (χ1v) is 11.6. The molecule has 2 unspecified atom stereocenters. The third kappa shape index (κ3) is 5.88. The SMILES string of the molecule is CCSC1(CNC(=NC)NC2CC(C)N(Cc3ccccc3)C2)CCOCC1. The topological polar surface area (TPSA) is 48.9 Å². The summed E-state index contributed by atoms with van der Waals surface area (Å²) in [4.78, 5) is 7.06. The van der Waals surface area contributed by atoms with Gasteiger partial charge in [0.15, 0.2) is 5.96 Å². The van der Waals surface area contributed by atoms with Crippen molar-refractivity contribution in [2.75, 3.05) is 39.1 Å². The van der Waals surface area contributed by atoms with E-state index in [2.05, 4.69) is 76.5 Å². The number of rotatable bonds is 7. The van der Waals surface area contributed by atoms with E-state index in [1.165, 1.54) is 5.56 Å². The fourth-order valence-corrected chi connectivity index (χ4v) is 5.54. The van der Waals surface area contributed by atoms with Crippen molar-refractivity contribution in [3.8, 4) is 0 Å². The molecule has 2 atom stereocenters. The van der Waals surface area contributed by atoms with Gasteiger partial charge in [0.1, 0.15) is 0 Å². The number of ether oxygens (including phenoxy) is 1. The molecule has 0 bridgehead atoms. The van der Waals surface area contributed by atoms with Gasteiger partial charge in [-0.25, -0.2) is 0 Å². The van der Waals surface area contributed by atoms with Gasteiger partial charge in [-0.05, 0) is 37.5 Å². The van der Waals surface area contributed by atoms with Gasteiger partial charge in [0.2, 0.25) is 0 Å². The Balaban J connectivity index is 1.50. The lowest BCUT2D eigenvalue weighted by Crippen LogP contribution is -2.50. The summed E-state index contributed by atoms with van der Waals surface area (Å²) in [5.74, 6) is 2.07. The molecule has 0 aliphatic carbocycles. The predicted octanol–water partition coefficient (Wildman–Crippen LogP) is 3.12. The summed E-state index contributed by atoms with van der Waals surface area (Å²) in [6.07, 6.45) is 3.37. The van der Waals surface area contributed by atoms with Crippen LogP contribution in [0.3, 0.4) is 0 Å². The fourth-order valence-electron chi connectivity index (χ4n) is 4.30. The van der Waals surface area contributed by atoms with Gasteiger partial charge >= 0.3 is 0 Å². The van der Waals surface area contributed by atoms with E-state index in [-0.39, 0.29) is 4.75 Å². The van der Waals surface area contributed by atoms with Crippen molar-refractivity contribution in [2.24, 2.45) is 4.99 Å². The van der Waals surface area contributed by atoms with Crippen LogP contribution in [-0.4, -0.2) is 66.8 Å². The number of aliphatic imine (C=N–C) groups is 1. The Hall–Kier alpha value is -1.24. The van der Waals surface area contributed by atoms with Gasteiger partial charge in [-0.1, -0.05) is 37.3 Å². The van der Waals surface area contributed by atoms with Crippen LogP contribution >= 0.6 is 11.8 Å². The second kappa shape index (κ2) is 10.5. The van der Waals surface area contributed by atoms with Crippen molar-refractivity contribution >= 4 is 17.7 Å². The molecule has 28 heavy (non-hydrogen) atoms. The molecule has 0 radical (unpaired) electrons. The van der Waals surface area contributed by atoms with Gasteiger partial charge in [-0.3, -0.25) is 9.89 Å². The number of thioether (sulfide) groups is 1. The predicted molar refractivity (Wildman–Crippen MR) is 120 cm³/mol. The smallest absolute Gasteiger partial charge is 0.191 e. The van der Waals surface area contributed by atoms with E-state index < -0.39 is 0 Å². The van der Waals surface area contributed by atoms with Crippen LogP contribution in [-0.2, 0) is 11.3 Å². The van der Waals surface area contributed by atoms with Gasteiger partial charge in [-0.2, -0.15) is 11.8 Å². The molecule has 6 heteroatoms. The summed E-state index contributed by atoms with van der Waals surface area (Å²) in [6.45, 7) is 9.34. The number of benzene rings is 1. The monoisotopic (exact) mass is 404 g/mol. The molecule has 2 aliphatic heterocycles. The zero-order valence-electron chi connectivity index (χ0n) is 17.6. The number of hydrogen-bond acceptors (Lipinski definition) is 4. The van der Waals surface area contributed by atoms with Crippen molar-refractivity contribution in [1.29, 1.82) is 0 Å². The Labute approximate surface area is 174 Å². The highest BCUT2D eigenvalue weighted by atomic mass is 32.2. The van der Waals surface area contributed by atoms with E-state index >= 15 is 0 Å². The Morgan fingerprint density at radius 3 is 2.71 bits per heavy atom. The summed E-state index contributed by atoms with van der Waals surface area (Å²) in [6, 6.07) is 11.8. The van der Waals surface area contributed by atoms with Gasteiger partial charge in [0.25, 0.3) is 0 Å². The van der Waals surface area contributed by atoms with Gasteiger partial charge in [-0.15, -0.1) is 0 Å². The highest BCUT2D eigenvalue weighted by Gasteiger charge is 2.33. The summed E-state index contributed by atoms with van der Waals surface area (Å²) in [5.41, 5.74) is 1.38. The lowest BCUT2D eigenvalue weighted by Gasteiger charge is -2.37. The molecule has 1 aromatic rings. The van der Waals surface area contributed by atoms with Crippen LogP contribution < -0.4 is 10.6 Å². The van der Waals surface area contributed by atoms with E-state index in [0.29, 0.717) is 12.1 Å². The summed E-state index contributed by atoms with van der Waals surface area (Å²) >= 11 is 2.06. The third-order valence-electron chi connectivity index (χ3n) is 5.93. The number of hydrogen-bond donors (Lipinski definition) is 2. The second-order valence-corrected chi connectivity index (χ2v) is 9.73. The molecule has 156 valence electrons. The highest BCUT2D eigenvalue weighted by molar-refractivity contribution is 8.00. The maximum Gasteiger partial charge on any atom is 0.191 e. The van der Waals surface area contributed by atoms with Crippen LogP contribution in [0.4, 0.5) is 0 Å². The van der Waals surface area contributed by atoms with Crippen molar-refractivity contribution in [2.45, 2.75) is 56.5 Å². The van der Waals surface area contributed by atoms with E-state index in [4.69, 9.17) is 4.74 Å². The van der Waals surface area contributed by atoms with Crippen molar-refractivity contribution in [3.63, 3.8) is 0 Å². The van der Waals surface area contributed by atoms with Gasteiger partial charge < -0.3 is 15.4 Å². The standard InChI is InChI=1S/C22H36N4OS/c1-4-28-22(10-12-27-13-11-22)17-24-21(23-3)25-20-14-18(2)26(16-20)15-19-8-6-5-7-9-19/h5-9,18,20H,4,10-17H2,1-3H3,(H2,23,24,25). The average molecular weight is 405 g/mol. The molecule has 2 N–H and O–H groups in total. The lowest BCUT2D eigenvalue weighted by atomic mass is 9.99. The van der Waals surface area contributed by atoms with Crippen LogP contribution in [0.2, 0.25) is 0 Å². The Morgan fingerprint density at radius 2 is 2.04 bits per heavy atom. The molecular weight excluding hydrogens is 368 g/mol. The number of nitrogens with one attached hydrogen (secondary N) is 2. The number of likely N-dealkylation sites (tertiary alicyclic amines) is 1. The molecule has 3 rings (SSSR count).